The summed E-state index contributed by atoms with van der Waals surface area (Å²) < 4.78 is 0. The number of oxime groups is 1. The van der Waals surface area contributed by atoms with Gasteiger partial charge in [0.25, 0.3) is 0 Å². The highest BCUT2D eigenvalue weighted by Gasteiger charge is 1.95. The van der Waals surface area contributed by atoms with Crippen LogP contribution in [0, 0.1) is 11.3 Å². The van der Waals surface area contributed by atoms with E-state index in [9.17, 15) is 0 Å². The van der Waals surface area contributed by atoms with E-state index in [1.165, 1.54) is 0 Å². The summed E-state index contributed by atoms with van der Waals surface area (Å²) in [6.07, 6.45) is 6.72. The van der Waals surface area contributed by atoms with E-state index in [0.29, 0.717) is 11.1 Å². The molecule has 0 bridgehead atoms. The van der Waals surface area contributed by atoms with Crippen LogP contribution in [-0.2, 0) is 0 Å². The number of nitrogens with zero attached hydrogens (tertiary/aromatic N) is 2. The number of rotatable bonds is 1. The van der Waals surface area contributed by atoms with Crippen LogP contribution in [0.15, 0.2) is 42.1 Å². The quantitative estimate of drug-likeness (QED) is 0.247. The first kappa shape index (κ1) is 11.4. The monoisotopic (exact) mass is 217 g/mol. The van der Waals surface area contributed by atoms with Gasteiger partial charge >= 0.3 is 0 Å². The minimum absolute atomic E-state index is 0.122. The first-order chi connectivity index (χ1) is 7.77. The number of H-pyrrole nitrogens is 2. The molecule has 0 saturated carbocycles. The van der Waals surface area contributed by atoms with Crippen LogP contribution in [0.1, 0.15) is 11.1 Å². The SMILES string of the molecule is N#Cc1cc[nH]c1.NC(=NO)c1cc[nH]c1. The summed E-state index contributed by atoms with van der Waals surface area (Å²) in [6, 6.07) is 5.42. The van der Waals surface area contributed by atoms with E-state index in [-0.39, 0.29) is 5.84 Å². The fourth-order valence-corrected chi connectivity index (χ4v) is 0.934. The first-order valence-electron chi connectivity index (χ1n) is 4.41. The molecule has 0 aromatic carbocycles. The molecular weight excluding hydrogens is 206 g/mol. The molecule has 5 N–H and O–H groups in total. The third-order valence-corrected chi connectivity index (χ3v) is 1.73. The number of hydrogen-bond donors (Lipinski definition) is 4. The molecule has 2 aromatic rings. The average molecular weight is 217 g/mol. The summed E-state index contributed by atoms with van der Waals surface area (Å²) in [7, 11) is 0. The second-order valence-electron chi connectivity index (χ2n) is 2.80. The highest BCUT2D eigenvalue weighted by Crippen LogP contribution is 1.93. The van der Waals surface area contributed by atoms with Gasteiger partial charge in [-0.25, -0.2) is 0 Å². The van der Waals surface area contributed by atoms with Crippen LogP contribution in [0.5, 0.6) is 0 Å². The zero-order valence-electron chi connectivity index (χ0n) is 8.38. The highest BCUT2D eigenvalue weighted by atomic mass is 16.4. The number of nitrogens with two attached hydrogens (primary N) is 1. The molecule has 16 heavy (non-hydrogen) atoms. The molecule has 0 fully saturated rings. The summed E-state index contributed by atoms with van der Waals surface area (Å²) in [6.45, 7) is 0. The van der Waals surface area contributed by atoms with Crippen LogP contribution in [0.3, 0.4) is 0 Å². The normalized spacial score (nSPS) is 10.1. The van der Waals surface area contributed by atoms with E-state index < -0.39 is 0 Å². The van der Waals surface area contributed by atoms with Gasteiger partial charge in [-0.15, -0.1) is 0 Å². The molecule has 82 valence electrons. The predicted molar refractivity (Wildman–Crippen MR) is 58.8 cm³/mol. The fourth-order valence-electron chi connectivity index (χ4n) is 0.934. The Morgan fingerprint density at radius 2 is 2.00 bits per heavy atom. The number of amidine groups is 1. The minimum atomic E-state index is 0.122. The Kier molecular flexibility index (Phi) is 4.22. The minimum Gasteiger partial charge on any atom is -0.409 e. The van der Waals surface area contributed by atoms with Crippen LogP contribution in [-0.4, -0.2) is 21.0 Å². The standard InChI is InChI=1S/C5H7N3O.C5H4N2/c6-5(8-9)4-1-2-7-3-4;6-3-5-1-2-7-4-5/h1-3,7,9H,(H2,6,8);1-2,4,7H. The Morgan fingerprint density at radius 1 is 1.31 bits per heavy atom. The van der Waals surface area contributed by atoms with Gasteiger partial charge in [0.15, 0.2) is 5.84 Å². The number of hydrogen-bond acceptors (Lipinski definition) is 3. The van der Waals surface area contributed by atoms with E-state index >= 15 is 0 Å². The lowest BCUT2D eigenvalue weighted by Crippen LogP contribution is -2.11. The molecular formula is C10H11N5O. The molecule has 0 aliphatic rings. The topological polar surface area (TPSA) is 114 Å². The maximum atomic E-state index is 8.16. The summed E-state index contributed by atoms with van der Waals surface area (Å²) in [4.78, 5) is 5.53. The van der Waals surface area contributed by atoms with E-state index in [1.807, 2.05) is 6.07 Å². The molecule has 0 unspecified atom stereocenters. The second kappa shape index (κ2) is 5.93. The number of nitrogens with one attached hydrogen (secondary N) is 2. The fraction of sp³-hybridized carbons (Fsp3) is 0. The molecule has 2 aromatic heterocycles. The molecule has 6 nitrogen and oxygen atoms in total. The lowest BCUT2D eigenvalue weighted by atomic mass is 10.3. The summed E-state index contributed by atoms with van der Waals surface area (Å²) in [5, 5.41) is 19.1. The van der Waals surface area contributed by atoms with Gasteiger partial charge in [-0.1, -0.05) is 5.16 Å². The van der Waals surface area contributed by atoms with E-state index in [1.54, 1.807) is 36.9 Å². The zero-order chi connectivity index (χ0) is 11.8. The number of nitriles is 1. The van der Waals surface area contributed by atoms with Crippen LogP contribution >= 0.6 is 0 Å². The molecule has 0 aliphatic heterocycles. The smallest absolute Gasteiger partial charge is 0.171 e. The van der Waals surface area contributed by atoms with Crippen LogP contribution in [0.2, 0.25) is 0 Å². The summed E-state index contributed by atoms with van der Waals surface area (Å²) in [5.74, 6) is 0.122. The lowest BCUT2D eigenvalue weighted by molar-refractivity contribution is 0.318. The Bertz CT molecular complexity index is 464. The highest BCUT2D eigenvalue weighted by molar-refractivity contribution is 5.96. The third kappa shape index (κ3) is 3.23. The van der Waals surface area contributed by atoms with Gasteiger partial charge in [-0.05, 0) is 12.1 Å². The summed E-state index contributed by atoms with van der Waals surface area (Å²) in [5.41, 5.74) is 6.59. The van der Waals surface area contributed by atoms with Crippen molar-refractivity contribution in [3.63, 3.8) is 0 Å². The van der Waals surface area contributed by atoms with Crippen LogP contribution in [0.4, 0.5) is 0 Å². The molecule has 2 rings (SSSR count). The predicted octanol–water partition coefficient (Wildman–Crippen LogP) is 0.996. The number of aromatic amines is 2. The maximum Gasteiger partial charge on any atom is 0.171 e. The molecule has 0 amide bonds. The van der Waals surface area contributed by atoms with Crippen molar-refractivity contribution >= 4 is 5.84 Å². The zero-order valence-corrected chi connectivity index (χ0v) is 8.38. The van der Waals surface area contributed by atoms with Crippen LogP contribution in [0.25, 0.3) is 0 Å². The van der Waals surface area contributed by atoms with E-state index in [4.69, 9.17) is 16.2 Å². The van der Waals surface area contributed by atoms with Crippen molar-refractivity contribution in [1.82, 2.24) is 9.97 Å². The van der Waals surface area contributed by atoms with Crippen molar-refractivity contribution in [1.29, 1.82) is 5.26 Å². The maximum absolute atomic E-state index is 8.16. The third-order valence-electron chi connectivity index (χ3n) is 1.73. The van der Waals surface area contributed by atoms with Gasteiger partial charge < -0.3 is 20.9 Å². The molecule has 0 spiro atoms. The van der Waals surface area contributed by atoms with Gasteiger partial charge in [-0.2, -0.15) is 5.26 Å². The van der Waals surface area contributed by atoms with Crippen molar-refractivity contribution in [2.75, 3.05) is 0 Å². The van der Waals surface area contributed by atoms with E-state index in [0.717, 1.165) is 0 Å². The van der Waals surface area contributed by atoms with Crippen molar-refractivity contribution < 1.29 is 5.21 Å². The second-order valence-corrected chi connectivity index (χ2v) is 2.80. The first-order valence-corrected chi connectivity index (χ1v) is 4.41. The molecule has 0 saturated heterocycles. The summed E-state index contributed by atoms with van der Waals surface area (Å²) >= 11 is 0. The van der Waals surface area contributed by atoms with Gasteiger partial charge in [0.2, 0.25) is 0 Å². The Balaban J connectivity index is 0.000000165. The number of aromatic nitrogens is 2. The van der Waals surface area contributed by atoms with Gasteiger partial charge in [-0.3, -0.25) is 0 Å². The van der Waals surface area contributed by atoms with Crippen molar-refractivity contribution in [3.8, 4) is 6.07 Å². The van der Waals surface area contributed by atoms with Crippen molar-refractivity contribution in [2.45, 2.75) is 0 Å². The molecule has 6 heteroatoms. The molecule has 0 atom stereocenters. The lowest BCUT2D eigenvalue weighted by Gasteiger charge is -1.87. The van der Waals surface area contributed by atoms with Crippen molar-refractivity contribution in [2.24, 2.45) is 10.9 Å². The molecule has 2 heterocycles. The molecule has 0 radical (unpaired) electrons. The van der Waals surface area contributed by atoms with Gasteiger partial charge in [0.1, 0.15) is 6.07 Å². The average Bonchev–Trinajstić information content (AvgIpc) is 3.01. The molecule has 0 aliphatic carbocycles. The van der Waals surface area contributed by atoms with Gasteiger partial charge in [0.05, 0.1) is 5.56 Å². The van der Waals surface area contributed by atoms with E-state index in [2.05, 4.69) is 15.1 Å². The Hall–Kier alpha value is -2.68. The largest absolute Gasteiger partial charge is 0.409 e. The van der Waals surface area contributed by atoms with Crippen molar-refractivity contribution in [3.05, 3.63) is 48.0 Å². The Labute approximate surface area is 92.0 Å². The van der Waals surface area contributed by atoms with Gasteiger partial charge in [0, 0.05) is 30.4 Å². The van der Waals surface area contributed by atoms with Crippen LogP contribution < -0.4 is 5.73 Å². The Morgan fingerprint density at radius 3 is 2.38 bits per heavy atom.